The van der Waals surface area contributed by atoms with Gasteiger partial charge in [0.2, 0.25) is 5.91 Å². The Bertz CT molecular complexity index is 1380. The van der Waals surface area contributed by atoms with E-state index in [0.717, 1.165) is 34.9 Å². The first-order chi connectivity index (χ1) is 18.0. The van der Waals surface area contributed by atoms with E-state index in [0.29, 0.717) is 35.8 Å². The molecular formula is C30H30ClN3O3. The molecule has 7 heteroatoms. The largest absolute Gasteiger partial charge is 0.497 e. The summed E-state index contributed by atoms with van der Waals surface area (Å²) in [5.41, 5.74) is 3.80. The number of carbonyl (C=O) groups excluding carboxylic acids is 2. The van der Waals surface area contributed by atoms with E-state index in [-0.39, 0.29) is 24.4 Å². The summed E-state index contributed by atoms with van der Waals surface area (Å²) >= 11 is 6.08. The molecule has 1 N–H and O–H groups in total. The Morgan fingerprint density at radius 3 is 2.43 bits per heavy atom. The van der Waals surface area contributed by atoms with Crippen LogP contribution in [0.5, 0.6) is 5.75 Å². The minimum Gasteiger partial charge on any atom is -0.497 e. The van der Waals surface area contributed by atoms with E-state index in [9.17, 15) is 9.59 Å². The van der Waals surface area contributed by atoms with Crippen LogP contribution < -0.4 is 4.74 Å². The van der Waals surface area contributed by atoms with Crippen molar-refractivity contribution in [3.05, 3.63) is 101 Å². The van der Waals surface area contributed by atoms with Crippen molar-refractivity contribution in [2.75, 3.05) is 20.2 Å². The second kappa shape index (κ2) is 11.1. The van der Waals surface area contributed by atoms with Gasteiger partial charge < -0.3 is 19.5 Å². The van der Waals surface area contributed by atoms with Crippen molar-refractivity contribution in [1.29, 1.82) is 0 Å². The van der Waals surface area contributed by atoms with Gasteiger partial charge in [-0.05, 0) is 72.9 Å². The van der Waals surface area contributed by atoms with E-state index < -0.39 is 0 Å². The number of H-pyrrole nitrogens is 1. The van der Waals surface area contributed by atoms with Gasteiger partial charge in [0.25, 0.3) is 5.91 Å². The number of hydrogen-bond donors (Lipinski definition) is 1. The molecule has 0 spiro atoms. The maximum atomic E-state index is 13.7. The smallest absolute Gasteiger partial charge is 0.254 e. The lowest BCUT2D eigenvalue weighted by Gasteiger charge is -2.28. The van der Waals surface area contributed by atoms with Gasteiger partial charge in [0.15, 0.2) is 0 Å². The van der Waals surface area contributed by atoms with Crippen LogP contribution in [0.25, 0.3) is 10.9 Å². The Morgan fingerprint density at radius 2 is 1.73 bits per heavy atom. The van der Waals surface area contributed by atoms with E-state index in [1.54, 1.807) is 36.3 Å². The highest BCUT2D eigenvalue weighted by atomic mass is 35.5. The Balaban J connectivity index is 1.34. The Morgan fingerprint density at radius 1 is 1.00 bits per heavy atom. The zero-order valence-corrected chi connectivity index (χ0v) is 21.6. The molecule has 0 aliphatic heterocycles. The van der Waals surface area contributed by atoms with Crippen molar-refractivity contribution in [3.8, 4) is 5.75 Å². The number of benzene rings is 3. The van der Waals surface area contributed by atoms with Crippen LogP contribution in [0, 0.1) is 0 Å². The first kappa shape index (κ1) is 24.9. The number of rotatable bonds is 10. The fourth-order valence-corrected chi connectivity index (χ4v) is 4.72. The topological polar surface area (TPSA) is 65.6 Å². The van der Waals surface area contributed by atoms with E-state index in [4.69, 9.17) is 16.3 Å². The predicted molar refractivity (Wildman–Crippen MR) is 146 cm³/mol. The number of methoxy groups -OCH3 is 1. The van der Waals surface area contributed by atoms with Crippen LogP contribution in [-0.2, 0) is 17.8 Å². The second-order valence-corrected chi connectivity index (χ2v) is 9.88. The fraction of sp³-hybridized carbons (Fsp3) is 0.267. The average molecular weight is 516 g/mol. The van der Waals surface area contributed by atoms with Crippen molar-refractivity contribution in [2.45, 2.75) is 31.8 Å². The average Bonchev–Trinajstić information content (AvgIpc) is 3.69. The molecule has 4 aromatic rings. The van der Waals surface area contributed by atoms with E-state index in [1.807, 2.05) is 53.6 Å². The maximum absolute atomic E-state index is 13.7. The van der Waals surface area contributed by atoms with Gasteiger partial charge in [-0.15, -0.1) is 0 Å². The van der Waals surface area contributed by atoms with Crippen LogP contribution in [0.4, 0.5) is 0 Å². The summed E-state index contributed by atoms with van der Waals surface area (Å²) in [5, 5.41) is 1.82. The highest BCUT2D eigenvalue weighted by Gasteiger charge is 2.35. The summed E-state index contributed by atoms with van der Waals surface area (Å²) in [6, 6.07) is 22.9. The van der Waals surface area contributed by atoms with Gasteiger partial charge in [0.1, 0.15) is 12.3 Å². The van der Waals surface area contributed by atoms with Gasteiger partial charge in [0.05, 0.1) is 7.11 Å². The van der Waals surface area contributed by atoms with Crippen molar-refractivity contribution >= 4 is 34.3 Å². The van der Waals surface area contributed by atoms with Crippen LogP contribution in [0.15, 0.2) is 79.0 Å². The van der Waals surface area contributed by atoms with Crippen molar-refractivity contribution in [3.63, 3.8) is 0 Å². The number of ether oxygens (including phenoxy) is 1. The third-order valence-corrected chi connectivity index (χ3v) is 7.11. The van der Waals surface area contributed by atoms with Crippen LogP contribution in [-0.4, -0.2) is 52.8 Å². The molecule has 1 aromatic heterocycles. The Labute approximate surface area is 221 Å². The molecule has 1 aliphatic carbocycles. The molecule has 2 amide bonds. The normalized spacial score (nSPS) is 12.9. The quantitative estimate of drug-likeness (QED) is 0.294. The molecule has 1 fully saturated rings. The molecule has 1 aliphatic rings. The standard InChI is InChI=1S/C30H30ClN3O3/c1-37-26-14-8-22(9-15-26)30(36)34(25-12-13-25)20-29(35)33(19-21-6-10-24(31)11-7-21)17-16-23-18-32-28-5-3-2-4-27(23)28/h2-11,14-15,18,25,32H,12-13,16-17,19-20H2,1H3. The van der Waals surface area contributed by atoms with Crippen LogP contribution in [0.3, 0.4) is 0 Å². The number of aromatic amines is 1. The van der Waals surface area contributed by atoms with Crippen LogP contribution >= 0.6 is 11.6 Å². The molecule has 1 heterocycles. The zero-order chi connectivity index (χ0) is 25.8. The van der Waals surface area contributed by atoms with Crippen molar-refractivity contribution in [2.24, 2.45) is 0 Å². The molecule has 1 saturated carbocycles. The summed E-state index contributed by atoms with van der Waals surface area (Å²) in [6.07, 6.45) is 4.56. The number of amides is 2. The number of carbonyl (C=O) groups is 2. The van der Waals surface area contributed by atoms with Crippen molar-refractivity contribution < 1.29 is 14.3 Å². The number of nitrogens with zero attached hydrogens (tertiary/aromatic N) is 2. The summed E-state index contributed by atoms with van der Waals surface area (Å²) in [7, 11) is 1.59. The lowest BCUT2D eigenvalue weighted by molar-refractivity contribution is -0.132. The summed E-state index contributed by atoms with van der Waals surface area (Å²) < 4.78 is 5.22. The number of halogens is 1. The number of fused-ring (bicyclic) bond motifs is 1. The summed E-state index contributed by atoms with van der Waals surface area (Å²) in [5.74, 6) is 0.502. The van der Waals surface area contributed by atoms with Gasteiger partial charge in [0, 0.05) is 46.8 Å². The number of hydrogen-bond acceptors (Lipinski definition) is 3. The minimum absolute atomic E-state index is 0.0526. The highest BCUT2D eigenvalue weighted by molar-refractivity contribution is 6.30. The minimum atomic E-state index is -0.124. The first-order valence-electron chi connectivity index (χ1n) is 12.5. The molecule has 0 unspecified atom stereocenters. The van der Waals surface area contributed by atoms with E-state index in [1.165, 1.54) is 0 Å². The van der Waals surface area contributed by atoms with Gasteiger partial charge in [-0.3, -0.25) is 9.59 Å². The number of nitrogens with one attached hydrogen (secondary N) is 1. The number of para-hydroxylation sites is 1. The molecule has 3 aromatic carbocycles. The molecular weight excluding hydrogens is 486 g/mol. The molecule has 0 bridgehead atoms. The van der Waals surface area contributed by atoms with Gasteiger partial charge >= 0.3 is 0 Å². The summed E-state index contributed by atoms with van der Waals surface area (Å²) in [6.45, 7) is 1.04. The third kappa shape index (κ3) is 5.97. The zero-order valence-electron chi connectivity index (χ0n) is 20.8. The fourth-order valence-electron chi connectivity index (χ4n) is 4.59. The monoisotopic (exact) mass is 515 g/mol. The predicted octanol–water partition coefficient (Wildman–Crippen LogP) is 5.71. The lowest BCUT2D eigenvalue weighted by atomic mass is 10.1. The maximum Gasteiger partial charge on any atom is 0.254 e. The number of aromatic nitrogens is 1. The molecule has 190 valence electrons. The lowest BCUT2D eigenvalue weighted by Crippen LogP contribution is -2.44. The van der Waals surface area contributed by atoms with E-state index >= 15 is 0 Å². The molecule has 0 radical (unpaired) electrons. The third-order valence-electron chi connectivity index (χ3n) is 6.86. The van der Waals surface area contributed by atoms with E-state index in [2.05, 4.69) is 11.1 Å². The van der Waals surface area contributed by atoms with Crippen molar-refractivity contribution in [1.82, 2.24) is 14.8 Å². The molecule has 0 saturated heterocycles. The first-order valence-corrected chi connectivity index (χ1v) is 12.9. The van der Waals surface area contributed by atoms with Gasteiger partial charge in [-0.25, -0.2) is 0 Å². The summed E-state index contributed by atoms with van der Waals surface area (Å²) in [4.78, 5) is 34.0. The van der Waals surface area contributed by atoms with Gasteiger partial charge in [-0.1, -0.05) is 41.9 Å². The Kier molecular flexibility index (Phi) is 7.47. The molecule has 0 atom stereocenters. The SMILES string of the molecule is COc1ccc(C(=O)N(CC(=O)N(CCc2c[nH]c3ccccc23)Cc2ccc(Cl)cc2)C2CC2)cc1. The Hall–Kier alpha value is -3.77. The van der Waals surface area contributed by atoms with Gasteiger partial charge in [-0.2, -0.15) is 0 Å². The molecule has 5 rings (SSSR count). The molecule has 37 heavy (non-hydrogen) atoms. The van der Waals surface area contributed by atoms with Crippen LogP contribution in [0.1, 0.15) is 34.3 Å². The molecule has 6 nitrogen and oxygen atoms in total. The van der Waals surface area contributed by atoms with Crippen LogP contribution in [0.2, 0.25) is 5.02 Å². The second-order valence-electron chi connectivity index (χ2n) is 9.44. The highest BCUT2D eigenvalue weighted by Crippen LogP contribution is 2.29.